The van der Waals surface area contributed by atoms with Crippen LogP contribution in [0.25, 0.3) is 10.9 Å². The molecule has 0 bridgehead atoms. The van der Waals surface area contributed by atoms with E-state index in [9.17, 15) is 4.79 Å². The van der Waals surface area contributed by atoms with Crippen molar-refractivity contribution in [3.8, 4) is 0 Å². The fourth-order valence-electron chi connectivity index (χ4n) is 3.50. The Labute approximate surface area is 153 Å². The van der Waals surface area contributed by atoms with Crippen molar-refractivity contribution in [1.29, 1.82) is 0 Å². The number of hydrazone groups is 1. The van der Waals surface area contributed by atoms with Crippen molar-refractivity contribution in [3.05, 3.63) is 78.0 Å². The van der Waals surface area contributed by atoms with E-state index in [1.165, 1.54) is 5.56 Å². The molecule has 4 nitrogen and oxygen atoms in total. The van der Waals surface area contributed by atoms with E-state index in [0.29, 0.717) is 11.6 Å². The average molecular weight is 343 g/mol. The molecule has 1 N–H and O–H groups in total. The van der Waals surface area contributed by atoms with Crippen LogP contribution in [0.5, 0.6) is 0 Å². The standard InChI is InChI=1S/C22H21N3O/c26-22(21-15-12-18-8-4-5-9-20(18)23-21)25-24-19-13-10-17(11-14-19)16-6-2-1-3-7-16/h1-9,12,15,17H,10-11,13-14H2,(H,25,26). The number of nitrogens with one attached hydrogen (secondary N) is 1. The molecule has 0 spiro atoms. The Morgan fingerprint density at radius 1 is 0.923 bits per heavy atom. The van der Waals surface area contributed by atoms with Crippen LogP contribution in [0.1, 0.15) is 47.7 Å². The van der Waals surface area contributed by atoms with Crippen LogP contribution in [0, 0.1) is 0 Å². The molecule has 1 aliphatic rings. The lowest BCUT2D eigenvalue weighted by atomic mass is 9.83. The van der Waals surface area contributed by atoms with Gasteiger partial charge in [0.25, 0.3) is 5.91 Å². The van der Waals surface area contributed by atoms with Crippen molar-refractivity contribution in [2.45, 2.75) is 31.6 Å². The molecule has 4 rings (SSSR count). The smallest absolute Gasteiger partial charge is 0.266 e. The topological polar surface area (TPSA) is 54.4 Å². The Morgan fingerprint density at radius 3 is 2.46 bits per heavy atom. The minimum absolute atomic E-state index is 0.256. The Morgan fingerprint density at radius 2 is 1.65 bits per heavy atom. The second kappa shape index (κ2) is 7.48. The maximum Gasteiger partial charge on any atom is 0.289 e. The van der Waals surface area contributed by atoms with Crippen LogP contribution in [0.4, 0.5) is 0 Å². The summed E-state index contributed by atoms with van der Waals surface area (Å²) in [6, 6.07) is 22.0. The van der Waals surface area contributed by atoms with E-state index in [0.717, 1.165) is 42.3 Å². The number of carbonyl (C=O) groups excluding carboxylic acids is 1. The third-order valence-electron chi connectivity index (χ3n) is 4.98. The van der Waals surface area contributed by atoms with Gasteiger partial charge in [0.1, 0.15) is 5.69 Å². The summed E-state index contributed by atoms with van der Waals surface area (Å²) in [6.07, 6.45) is 4.00. The number of rotatable bonds is 3. The van der Waals surface area contributed by atoms with Crippen LogP contribution in [0.15, 0.2) is 71.8 Å². The lowest BCUT2D eigenvalue weighted by Crippen LogP contribution is -2.22. The number of carbonyl (C=O) groups is 1. The van der Waals surface area contributed by atoms with E-state index in [2.05, 4.69) is 45.8 Å². The zero-order chi connectivity index (χ0) is 17.8. The van der Waals surface area contributed by atoms with Gasteiger partial charge in [-0.15, -0.1) is 0 Å². The molecule has 130 valence electrons. The summed E-state index contributed by atoms with van der Waals surface area (Å²) < 4.78 is 0. The second-order valence-electron chi connectivity index (χ2n) is 6.69. The molecule has 0 unspecified atom stereocenters. The molecule has 1 amide bonds. The van der Waals surface area contributed by atoms with Gasteiger partial charge < -0.3 is 0 Å². The number of benzene rings is 2. The first-order chi connectivity index (χ1) is 12.8. The summed E-state index contributed by atoms with van der Waals surface area (Å²) in [4.78, 5) is 16.7. The molecule has 4 heteroatoms. The Balaban J connectivity index is 1.38. The van der Waals surface area contributed by atoms with Crippen molar-refractivity contribution in [1.82, 2.24) is 10.4 Å². The molecule has 26 heavy (non-hydrogen) atoms. The fraction of sp³-hybridized carbons (Fsp3) is 0.227. The third kappa shape index (κ3) is 3.64. The number of para-hydroxylation sites is 1. The number of pyridine rings is 1. The van der Waals surface area contributed by atoms with E-state index in [-0.39, 0.29) is 5.91 Å². The molecule has 1 aliphatic carbocycles. The molecule has 1 aromatic heterocycles. The second-order valence-corrected chi connectivity index (χ2v) is 6.69. The van der Waals surface area contributed by atoms with Crippen molar-refractivity contribution in [3.63, 3.8) is 0 Å². The Hall–Kier alpha value is -3.01. The summed E-state index contributed by atoms with van der Waals surface area (Å²) in [5.41, 5.74) is 6.35. The van der Waals surface area contributed by atoms with Gasteiger partial charge in [0.15, 0.2) is 0 Å². The molecule has 1 fully saturated rings. The molecule has 1 saturated carbocycles. The van der Waals surface area contributed by atoms with E-state index in [4.69, 9.17) is 0 Å². The first-order valence-corrected chi connectivity index (χ1v) is 9.06. The molecule has 3 aromatic rings. The highest BCUT2D eigenvalue weighted by Crippen LogP contribution is 2.31. The number of hydrogen-bond acceptors (Lipinski definition) is 3. The van der Waals surface area contributed by atoms with Crippen LogP contribution in [-0.4, -0.2) is 16.6 Å². The van der Waals surface area contributed by atoms with E-state index < -0.39 is 0 Å². The zero-order valence-corrected chi connectivity index (χ0v) is 14.6. The Kier molecular flexibility index (Phi) is 4.73. The number of fused-ring (bicyclic) bond motifs is 1. The van der Waals surface area contributed by atoms with Crippen LogP contribution in [-0.2, 0) is 0 Å². The quantitative estimate of drug-likeness (QED) is 0.702. The van der Waals surface area contributed by atoms with Gasteiger partial charge in [-0.2, -0.15) is 5.10 Å². The van der Waals surface area contributed by atoms with E-state index in [1.807, 2.05) is 30.3 Å². The van der Waals surface area contributed by atoms with Gasteiger partial charge in [-0.3, -0.25) is 4.79 Å². The molecular weight excluding hydrogens is 322 g/mol. The van der Waals surface area contributed by atoms with Crippen LogP contribution < -0.4 is 5.43 Å². The van der Waals surface area contributed by atoms with E-state index in [1.54, 1.807) is 6.07 Å². The molecule has 0 atom stereocenters. The van der Waals surface area contributed by atoms with Crippen LogP contribution in [0.2, 0.25) is 0 Å². The molecule has 1 heterocycles. The van der Waals surface area contributed by atoms with Crippen LogP contribution >= 0.6 is 0 Å². The van der Waals surface area contributed by atoms with Crippen molar-refractivity contribution in [2.24, 2.45) is 5.10 Å². The van der Waals surface area contributed by atoms with Gasteiger partial charge in [-0.05, 0) is 49.3 Å². The lowest BCUT2D eigenvalue weighted by Gasteiger charge is -2.23. The monoisotopic (exact) mass is 343 g/mol. The van der Waals surface area contributed by atoms with Gasteiger partial charge >= 0.3 is 0 Å². The first kappa shape index (κ1) is 16.5. The summed E-state index contributed by atoms with van der Waals surface area (Å²) in [6.45, 7) is 0. The SMILES string of the molecule is O=C(NN=C1CCC(c2ccccc2)CC1)c1ccc2ccccc2n1. The van der Waals surface area contributed by atoms with Crippen molar-refractivity contribution >= 4 is 22.5 Å². The minimum atomic E-state index is -0.256. The number of aromatic nitrogens is 1. The van der Waals surface area contributed by atoms with E-state index >= 15 is 0 Å². The average Bonchev–Trinajstić information content (AvgIpc) is 2.72. The Bertz CT molecular complexity index is 940. The molecule has 0 saturated heterocycles. The van der Waals surface area contributed by atoms with Gasteiger partial charge in [0.05, 0.1) is 5.52 Å². The molecule has 2 aromatic carbocycles. The normalized spacial score (nSPS) is 17.1. The van der Waals surface area contributed by atoms with Gasteiger partial charge in [0.2, 0.25) is 0 Å². The highest BCUT2D eigenvalue weighted by molar-refractivity contribution is 5.96. The number of hydrogen-bond donors (Lipinski definition) is 1. The predicted octanol–water partition coefficient (Wildman–Crippen LogP) is 4.68. The van der Waals surface area contributed by atoms with Crippen molar-refractivity contribution < 1.29 is 4.79 Å². The maximum absolute atomic E-state index is 12.3. The van der Waals surface area contributed by atoms with Crippen molar-refractivity contribution in [2.75, 3.05) is 0 Å². The number of amides is 1. The molecule has 0 radical (unpaired) electrons. The summed E-state index contributed by atoms with van der Waals surface area (Å²) in [5.74, 6) is 0.335. The van der Waals surface area contributed by atoms with Gasteiger partial charge in [-0.1, -0.05) is 54.6 Å². The third-order valence-corrected chi connectivity index (χ3v) is 4.98. The first-order valence-electron chi connectivity index (χ1n) is 9.06. The zero-order valence-electron chi connectivity index (χ0n) is 14.6. The largest absolute Gasteiger partial charge is 0.289 e. The number of nitrogens with zero attached hydrogens (tertiary/aromatic N) is 2. The lowest BCUT2D eigenvalue weighted by molar-refractivity contribution is 0.0950. The van der Waals surface area contributed by atoms with Gasteiger partial charge in [0, 0.05) is 11.1 Å². The molecule has 0 aliphatic heterocycles. The summed E-state index contributed by atoms with van der Waals surface area (Å²) in [5, 5.41) is 5.37. The maximum atomic E-state index is 12.3. The minimum Gasteiger partial charge on any atom is -0.266 e. The molecular formula is C22H21N3O. The highest BCUT2D eigenvalue weighted by Gasteiger charge is 2.19. The summed E-state index contributed by atoms with van der Waals surface area (Å²) in [7, 11) is 0. The predicted molar refractivity (Wildman–Crippen MR) is 104 cm³/mol. The fourth-order valence-corrected chi connectivity index (χ4v) is 3.50. The highest BCUT2D eigenvalue weighted by atomic mass is 16.2. The summed E-state index contributed by atoms with van der Waals surface area (Å²) >= 11 is 0. The van der Waals surface area contributed by atoms with Crippen LogP contribution in [0.3, 0.4) is 0 Å². The van der Waals surface area contributed by atoms with Gasteiger partial charge in [-0.25, -0.2) is 10.4 Å².